The maximum atomic E-state index is 11.6. The van der Waals surface area contributed by atoms with Crippen LogP contribution in [-0.2, 0) is 9.59 Å². The molecule has 5 nitrogen and oxygen atoms in total. The second-order valence-corrected chi connectivity index (χ2v) is 5.27. The van der Waals surface area contributed by atoms with Gasteiger partial charge in [0.1, 0.15) is 0 Å². The molecule has 0 aromatic carbocycles. The number of carboxylic acid groups (broad SMARTS) is 1. The summed E-state index contributed by atoms with van der Waals surface area (Å²) in [5.74, 6) is -0.984. The number of hydrogen-bond acceptors (Lipinski definition) is 3. The first-order valence-electron chi connectivity index (χ1n) is 6.14. The van der Waals surface area contributed by atoms with Gasteiger partial charge in [0.2, 0.25) is 5.91 Å². The van der Waals surface area contributed by atoms with Gasteiger partial charge in [-0.1, -0.05) is 12.8 Å². The van der Waals surface area contributed by atoms with Crippen LogP contribution in [0.4, 0.5) is 0 Å². The Balaban J connectivity index is 2.66. The number of rotatable bonds is 4. The van der Waals surface area contributed by atoms with Crippen molar-refractivity contribution in [2.24, 2.45) is 11.1 Å². The summed E-state index contributed by atoms with van der Waals surface area (Å²) in [7, 11) is 0. The van der Waals surface area contributed by atoms with E-state index in [2.05, 4.69) is 5.32 Å². The molecule has 17 heavy (non-hydrogen) atoms. The van der Waals surface area contributed by atoms with Gasteiger partial charge in [-0.25, -0.2) is 0 Å². The van der Waals surface area contributed by atoms with Crippen LogP contribution < -0.4 is 11.1 Å². The molecule has 0 aromatic rings. The summed E-state index contributed by atoms with van der Waals surface area (Å²) in [5, 5.41) is 12.1. The fraction of sp³-hybridized carbons (Fsp3) is 0.833. The second kappa shape index (κ2) is 5.49. The van der Waals surface area contributed by atoms with Crippen molar-refractivity contribution in [2.75, 3.05) is 0 Å². The van der Waals surface area contributed by atoms with Crippen molar-refractivity contribution in [3.05, 3.63) is 0 Å². The van der Waals surface area contributed by atoms with Crippen LogP contribution in [0, 0.1) is 5.41 Å². The second-order valence-electron chi connectivity index (χ2n) is 5.27. The van der Waals surface area contributed by atoms with Crippen molar-refractivity contribution in [3.8, 4) is 0 Å². The third-order valence-electron chi connectivity index (χ3n) is 3.54. The molecule has 1 fully saturated rings. The minimum absolute atomic E-state index is 0.153. The minimum Gasteiger partial charge on any atom is -0.481 e. The molecule has 4 N–H and O–H groups in total. The third kappa shape index (κ3) is 3.43. The van der Waals surface area contributed by atoms with Crippen LogP contribution >= 0.6 is 0 Å². The summed E-state index contributed by atoms with van der Waals surface area (Å²) in [6.45, 7) is 3.47. The van der Waals surface area contributed by atoms with Gasteiger partial charge < -0.3 is 16.2 Å². The molecule has 1 aliphatic carbocycles. The van der Waals surface area contributed by atoms with Gasteiger partial charge in [-0.15, -0.1) is 0 Å². The van der Waals surface area contributed by atoms with E-state index in [0.29, 0.717) is 6.42 Å². The minimum atomic E-state index is -0.842. The van der Waals surface area contributed by atoms with Crippen LogP contribution in [0.3, 0.4) is 0 Å². The molecule has 3 atom stereocenters. The van der Waals surface area contributed by atoms with E-state index in [-0.39, 0.29) is 24.4 Å². The highest BCUT2D eigenvalue weighted by atomic mass is 16.4. The fourth-order valence-electron chi connectivity index (χ4n) is 2.37. The molecule has 1 rings (SSSR count). The number of carbonyl (C=O) groups is 2. The first-order chi connectivity index (χ1) is 7.86. The maximum Gasteiger partial charge on any atom is 0.311 e. The van der Waals surface area contributed by atoms with Crippen LogP contribution in [-0.4, -0.2) is 29.1 Å². The quantitative estimate of drug-likeness (QED) is 0.682. The van der Waals surface area contributed by atoms with Crippen LogP contribution in [0.15, 0.2) is 0 Å². The lowest BCUT2D eigenvalue weighted by atomic mass is 9.71. The molecule has 1 saturated carbocycles. The van der Waals surface area contributed by atoms with E-state index in [1.165, 1.54) is 0 Å². The van der Waals surface area contributed by atoms with E-state index in [1.807, 2.05) is 0 Å². The number of hydrogen-bond donors (Lipinski definition) is 3. The number of carboxylic acids is 1. The van der Waals surface area contributed by atoms with Gasteiger partial charge in [-0.2, -0.15) is 0 Å². The summed E-state index contributed by atoms with van der Waals surface area (Å²) in [6.07, 6.45) is 3.46. The average molecular weight is 242 g/mol. The molecular weight excluding hydrogens is 220 g/mol. The van der Waals surface area contributed by atoms with Gasteiger partial charge in [0, 0.05) is 18.5 Å². The number of nitrogens with one attached hydrogen (secondary N) is 1. The molecule has 98 valence electrons. The molecule has 0 aromatic heterocycles. The summed E-state index contributed by atoms with van der Waals surface area (Å²) in [4.78, 5) is 23.0. The molecule has 0 heterocycles. The highest BCUT2D eigenvalue weighted by Gasteiger charge is 2.43. The predicted molar refractivity (Wildman–Crippen MR) is 64.4 cm³/mol. The number of nitrogens with two attached hydrogens (primary N) is 1. The smallest absolute Gasteiger partial charge is 0.311 e. The number of aliphatic carboxylic acids is 1. The molecule has 0 spiro atoms. The lowest BCUT2D eigenvalue weighted by Crippen LogP contribution is -2.52. The lowest BCUT2D eigenvalue weighted by Gasteiger charge is -2.38. The SMILES string of the molecule is CC(N)CC(=O)NC1CCCCC1(C)C(=O)O. The molecule has 5 heteroatoms. The highest BCUT2D eigenvalue weighted by Crippen LogP contribution is 2.36. The Morgan fingerprint density at radius 2 is 2.18 bits per heavy atom. The summed E-state index contributed by atoms with van der Waals surface area (Å²) in [5.41, 5.74) is 4.71. The van der Waals surface area contributed by atoms with Crippen molar-refractivity contribution in [2.45, 2.75) is 58.0 Å². The van der Waals surface area contributed by atoms with Crippen molar-refractivity contribution >= 4 is 11.9 Å². The zero-order chi connectivity index (χ0) is 13.1. The molecule has 0 bridgehead atoms. The van der Waals surface area contributed by atoms with Crippen LogP contribution in [0.5, 0.6) is 0 Å². The summed E-state index contributed by atoms with van der Waals surface area (Å²) >= 11 is 0. The van der Waals surface area contributed by atoms with Gasteiger partial charge in [0.25, 0.3) is 0 Å². The Bertz CT molecular complexity index is 304. The average Bonchev–Trinajstić information content (AvgIpc) is 2.20. The zero-order valence-corrected chi connectivity index (χ0v) is 10.5. The Labute approximate surface area is 102 Å². The first-order valence-corrected chi connectivity index (χ1v) is 6.14. The van der Waals surface area contributed by atoms with Crippen LogP contribution in [0.1, 0.15) is 46.0 Å². The van der Waals surface area contributed by atoms with Crippen LogP contribution in [0.25, 0.3) is 0 Å². The molecule has 0 saturated heterocycles. The topological polar surface area (TPSA) is 92.4 Å². The fourth-order valence-corrected chi connectivity index (χ4v) is 2.37. The first kappa shape index (κ1) is 14.0. The highest BCUT2D eigenvalue weighted by molar-refractivity contribution is 5.80. The van der Waals surface area contributed by atoms with Gasteiger partial charge in [-0.05, 0) is 26.7 Å². The Morgan fingerprint density at radius 3 is 2.71 bits per heavy atom. The third-order valence-corrected chi connectivity index (χ3v) is 3.54. The largest absolute Gasteiger partial charge is 0.481 e. The van der Waals surface area contributed by atoms with E-state index in [4.69, 9.17) is 5.73 Å². The molecular formula is C12H22N2O3. The van der Waals surface area contributed by atoms with Gasteiger partial charge in [0.05, 0.1) is 5.41 Å². The zero-order valence-electron chi connectivity index (χ0n) is 10.5. The van der Waals surface area contributed by atoms with Gasteiger partial charge >= 0.3 is 5.97 Å². The lowest BCUT2D eigenvalue weighted by molar-refractivity contribution is -0.152. The van der Waals surface area contributed by atoms with E-state index in [1.54, 1.807) is 13.8 Å². The maximum absolute atomic E-state index is 11.6. The van der Waals surface area contributed by atoms with E-state index in [9.17, 15) is 14.7 Å². The normalized spacial score (nSPS) is 30.6. The standard InChI is InChI=1S/C12H22N2O3/c1-8(13)7-10(15)14-9-5-3-4-6-12(9,2)11(16)17/h8-9H,3-7,13H2,1-2H3,(H,14,15)(H,16,17). The molecule has 0 aliphatic heterocycles. The van der Waals surface area contributed by atoms with Crippen molar-refractivity contribution in [1.29, 1.82) is 0 Å². The van der Waals surface area contributed by atoms with Crippen LogP contribution in [0.2, 0.25) is 0 Å². The van der Waals surface area contributed by atoms with E-state index < -0.39 is 11.4 Å². The summed E-state index contributed by atoms with van der Waals surface area (Å²) in [6, 6.07) is -0.477. The molecule has 1 amide bonds. The van der Waals surface area contributed by atoms with E-state index in [0.717, 1.165) is 19.3 Å². The molecule has 1 aliphatic rings. The van der Waals surface area contributed by atoms with Gasteiger partial charge in [0.15, 0.2) is 0 Å². The van der Waals surface area contributed by atoms with Crippen molar-refractivity contribution in [3.63, 3.8) is 0 Å². The van der Waals surface area contributed by atoms with Crippen molar-refractivity contribution < 1.29 is 14.7 Å². The van der Waals surface area contributed by atoms with E-state index >= 15 is 0 Å². The number of amides is 1. The summed E-state index contributed by atoms with van der Waals surface area (Å²) < 4.78 is 0. The monoisotopic (exact) mass is 242 g/mol. The molecule has 0 radical (unpaired) electrons. The Hall–Kier alpha value is -1.10. The predicted octanol–water partition coefficient (Wildman–Crippen LogP) is 0.873. The Morgan fingerprint density at radius 1 is 1.53 bits per heavy atom. The Kier molecular flexibility index (Phi) is 4.51. The number of carbonyl (C=O) groups excluding carboxylic acids is 1. The van der Waals surface area contributed by atoms with Crippen molar-refractivity contribution in [1.82, 2.24) is 5.32 Å². The molecule has 3 unspecified atom stereocenters. The van der Waals surface area contributed by atoms with Gasteiger partial charge in [-0.3, -0.25) is 9.59 Å².